The third-order valence-corrected chi connectivity index (χ3v) is 7.43. The molecule has 1 fully saturated rings. The number of hydrogen-bond acceptors (Lipinski definition) is 7. The highest BCUT2D eigenvalue weighted by atomic mass is 35.5. The lowest BCUT2D eigenvalue weighted by Gasteiger charge is -2.44. The Balaban J connectivity index is 1.61. The van der Waals surface area contributed by atoms with Crippen LogP contribution in [0.15, 0.2) is 42.5 Å². The van der Waals surface area contributed by atoms with Crippen LogP contribution in [0, 0.1) is 5.82 Å². The number of primary sulfonamides is 1. The number of nitrogens with two attached hydrogens (primary N) is 1. The summed E-state index contributed by atoms with van der Waals surface area (Å²) in [5.41, 5.74) is -0.467. The fourth-order valence-electron chi connectivity index (χ4n) is 4.22. The van der Waals surface area contributed by atoms with Gasteiger partial charge in [0, 0.05) is 42.3 Å². The SMILES string of the molecule is CC(=O)C(OCc1cc(Cl)ccc1OCC(=O)N1CC(C)N(Cc2ccc(F)cc2)CC1C)S(N)(=O)=O. The van der Waals surface area contributed by atoms with Gasteiger partial charge in [-0.1, -0.05) is 23.7 Å². The molecule has 1 amide bonds. The van der Waals surface area contributed by atoms with Crippen LogP contribution in [0.2, 0.25) is 5.02 Å². The molecule has 3 atom stereocenters. The lowest BCUT2D eigenvalue weighted by molar-refractivity contribution is -0.139. The highest BCUT2D eigenvalue weighted by molar-refractivity contribution is 7.90. The summed E-state index contributed by atoms with van der Waals surface area (Å²) >= 11 is 6.06. The number of piperazine rings is 1. The van der Waals surface area contributed by atoms with Crippen molar-refractivity contribution in [1.29, 1.82) is 0 Å². The van der Waals surface area contributed by atoms with Crippen molar-refractivity contribution in [3.05, 3.63) is 64.4 Å². The van der Waals surface area contributed by atoms with Crippen molar-refractivity contribution in [1.82, 2.24) is 9.80 Å². The maximum atomic E-state index is 13.2. The average Bonchev–Trinajstić information content (AvgIpc) is 2.81. The van der Waals surface area contributed by atoms with E-state index in [1.807, 2.05) is 13.8 Å². The zero-order chi connectivity index (χ0) is 27.3. The Morgan fingerprint density at radius 3 is 2.43 bits per heavy atom. The zero-order valence-electron chi connectivity index (χ0n) is 20.9. The first-order chi connectivity index (χ1) is 17.3. The minimum Gasteiger partial charge on any atom is -0.483 e. The fraction of sp³-hybridized carbons (Fsp3) is 0.440. The van der Waals surface area contributed by atoms with Gasteiger partial charge in [0.25, 0.3) is 5.91 Å². The number of halogens is 2. The Hall–Kier alpha value is -2.57. The van der Waals surface area contributed by atoms with E-state index < -0.39 is 21.2 Å². The van der Waals surface area contributed by atoms with Crippen LogP contribution in [0.3, 0.4) is 0 Å². The molecule has 1 aliphatic heterocycles. The maximum Gasteiger partial charge on any atom is 0.260 e. The molecule has 1 heterocycles. The molecule has 2 aromatic rings. The van der Waals surface area contributed by atoms with Gasteiger partial charge in [0.05, 0.1) is 6.61 Å². The molecule has 0 aromatic heterocycles. The third-order valence-electron chi connectivity index (χ3n) is 6.13. The monoisotopic (exact) mass is 555 g/mol. The molecule has 3 unspecified atom stereocenters. The van der Waals surface area contributed by atoms with Crippen molar-refractivity contribution >= 4 is 33.3 Å². The molecule has 202 valence electrons. The van der Waals surface area contributed by atoms with Crippen LogP contribution < -0.4 is 9.88 Å². The van der Waals surface area contributed by atoms with E-state index in [0.717, 1.165) is 12.5 Å². The number of carbonyl (C=O) groups excluding carboxylic acids is 2. The number of benzene rings is 2. The predicted molar refractivity (Wildman–Crippen MR) is 137 cm³/mol. The minimum atomic E-state index is -4.26. The van der Waals surface area contributed by atoms with Gasteiger partial charge in [-0.05, 0) is 56.7 Å². The van der Waals surface area contributed by atoms with E-state index in [1.165, 1.54) is 18.2 Å². The molecule has 9 nitrogen and oxygen atoms in total. The fourth-order valence-corrected chi connectivity index (χ4v) is 5.14. The Morgan fingerprint density at radius 1 is 1.14 bits per heavy atom. The van der Waals surface area contributed by atoms with Crippen LogP contribution in [0.5, 0.6) is 5.75 Å². The van der Waals surface area contributed by atoms with E-state index in [0.29, 0.717) is 30.2 Å². The molecule has 12 heteroatoms. The number of nitrogens with zero attached hydrogens (tertiary/aromatic N) is 2. The van der Waals surface area contributed by atoms with E-state index in [-0.39, 0.29) is 42.8 Å². The lowest BCUT2D eigenvalue weighted by Crippen LogP contribution is -2.58. The molecule has 0 radical (unpaired) electrons. The standard InChI is InChI=1S/C25H31ClFN3O6S/c1-16-12-30(17(2)11-29(16)13-19-4-7-22(27)8-5-19)24(32)15-35-23-9-6-21(26)10-20(23)14-36-25(18(3)31)37(28,33)34/h4-10,16-17,25H,11-15H2,1-3H3,(H2,28,33,34). The van der Waals surface area contributed by atoms with Gasteiger partial charge in [0.2, 0.25) is 15.5 Å². The van der Waals surface area contributed by atoms with Crippen LogP contribution in [0.25, 0.3) is 0 Å². The second-order valence-corrected chi connectivity index (χ2v) is 11.2. The summed E-state index contributed by atoms with van der Waals surface area (Å²) < 4.78 is 47.5. The van der Waals surface area contributed by atoms with Gasteiger partial charge >= 0.3 is 0 Å². The van der Waals surface area contributed by atoms with E-state index in [9.17, 15) is 22.4 Å². The number of carbonyl (C=O) groups is 2. The van der Waals surface area contributed by atoms with E-state index >= 15 is 0 Å². The summed E-state index contributed by atoms with van der Waals surface area (Å²) in [6.45, 7) is 6.26. The van der Waals surface area contributed by atoms with Gasteiger partial charge in [-0.3, -0.25) is 14.5 Å². The number of ether oxygens (including phenoxy) is 2. The van der Waals surface area contributed by atoms with Gasteiger partial charge in [-0.25, -0.2) is 17.9 Å². The average molecular weight is 556 g/mol. The van der Waals surface area contributed by atoms with Crippen LogP contribution in [0.1, 0.15) is 31.9 Å². The molecule has 0 bridgehead atoms. The van der Waals surface area contributed by atoms with Gasteiger partial charge in [-0.15, -0.1) is 0 Å². The van der Waals surface area contributed by atoms with Crippen molar-refractivity contribution < 1.29 is 31.9 Å². The van der Waals surface area contributed by atoms with E-state index in [2.05, 4.69) is 4.90 Å². The Morgan fingerprint density at radius 2 is 1.81 bits per heavy atom. The predicted octanol–water partition coefficient (Wildman–Crippen LogP) is 2.70. The second-order valence-electron chi connectivity index (χ2n) is 9.18. The topological polar surface area (TPSA) is 119 Å². The number of ketones is 1. The third kappa shape index (κ3) is 7.96. The first kappa shape index (κ1) is 29.0. The zero-order valence-corrected chi connectivity index (χ0v) is 22.5. The normalized spacial score (nSPS) is 19.5. The Labute approximate surface area is 221 Å². The van der Waals surface area contributed by atoms with Gasteiger partial charge in [0.15, 0.2) is 12.4 Å². The number of amides is 1. The quantitative estimate of drug-likeness (QED) is 0.478. The smallest absolute Gasteiger partial charge is 0.260 e. The number of Topliss-reactive ketones (excluding diaryl/α,β-unsaturated/α-hetero) is 1. The molecule has 2 aromatic carbocycles. The molecular formula is C25H31ClFN3O6S. The van der Waals surface area contributed by atoms with Gasteiger partial charge < -0.3 is 14.4 Å². The Kier molecular flexibility index (Phi) is 9.65. The van der Waals surface area contributed by atoms with Crippen LogP contribution in [0.4, 0.5) is 4.39 Å². The largest absolute Gasteiger partial charge is 0.483 e. The van der Waals surface area contributed by atoms with Crippen LogP contribution >= 0.6 is 11.6 Å². The molecule has 1 saturated heterocycles. The second kappa shape index (κ2) is 12.3. The summed E-state index contributed by atoms with van der Waals surface area (Å²) in [6, 6.07) is 11.0. The molecule has 0 saturated carbocycles. The molecule has 37 heavy (non-hydrogen) atoms. The summed E-state index contributed by atoms with van der Waals surface area (Å²) in [5, 5.41) is 5.42. The van der Waals surface area contributed by atoms with Gasteiger partial charge in [0.1, 0.15) is 11.6 Å². The van der Waals surface area contributed by atoms with Crippen molar-refractivity contribution in [2.24, 2.45) is 5.14 Å². The summed E-state index contributed by atoms with van der Waals surface area (Å²) in [4.78, 5) is 28.7. The first-order valence-electron chi connectivity index (χ1n) is 11.7. The minimum absolute atomic E-state index is 0.0754. The van der Waals surface area contributed by atoms with E-state index in [1.54, 1.807) is 29.2 Å². The maximum absolute atomic E-state index is 13.2. The van der Waals surface area contributed by atoms with Crippen molar-refractivity contribution in [3.63, 3.8) is 0 Å². The molecule has 0 spiro atoms. The summed E-state index contributed by atoms with van der Waals surface area (Å²) in [7, 11) is -4.26. The number of sulfonamides is 1. The summed E-state index contributed by atoms with van der Waals surface area (Å²) in [5.74, 6) is -0.984. The van der Waals surface area contributed by atoms with Crippen LogP contribution in [-0.2, 0) is 37.5 Å². The molecule has 0 aliphatic carbocycles. The highest BCUT2D eigenvalue weighted by Crippen LogP contribution is 2.25. The highest BCUT2D eigenvalue weighted by Gasteiger charge is 2.32. The van der Waals surface area contributed by atoms with Crippen molar-refractivity contribution in [2.75, 3.05) is 19.7 Å². The molecule has 1 aliphatic rings. The Bertz CT molecular complexity index is 1230. The first-order valence-corrected chi connectivity index (χ1v) is 13.7. The summed E-state index contributed by atoms with van der Waals surface area (Å²) in [6.07, 6.45) is 0. The molecule has 2 N–H and O–H groups in total. The van der Waals surface area contributed by atoms with E-state index in [4.69, 9.17) is 26.2 Å². The molecular weight excluding hydrogens is 525 g/mol. The number of hydrogen-bond donors (Lipinski definition) is 1. The molecule has 3 rings (SSSR count). The lowest BCUT2D eigenvalue weighted by atomic mass is 10.1. The van der Waals surface area contributed by atoms with Crippen molar-refractivity contribution in [3.8, 4) is 5.75 Å². The van der Waals surface area contributed by atoms with Gasteiger partial charge in [-0.2, -0.15) is 0 Å². The van der Waals surface area contributed by atoms with Crippen LogP contribution in [-0.4, -0.2) is 67.1 Å². The number of rotatable bonds is 10. The van der Waals surface area contributed by atoms with Crippen molar-refractivity contribution in [2.45, 2.75) is 51.4 Å².